The minimum atomic E-state index is -1.15. The average Bonchev–Trinajstić information content (AvgIpc) is 2.89. The van der Waals surface area contributed by atoms with Crippen molar-refractivity contribution >= 4 is 112 Å². The monoisotopic (exact) mass is 1050 g/mol. The van der Waals surface area contributed by atoms with Crippen molar-refractivity contribution in [3.05, 3.63) is 35.9 Å². The number of carbonyl (C=O) groups excluding carboxylic acids is 2. The molecule has 2 amide bonds. The molecule has 0 aliphatic heterocycles. The van der Waals surface area contributed by atoms with Crippen LogP contribution in [0, 0.1) is 0 Å². The van der Waals surface area contributed by atoms with E-state index in [2.05, 4.69) is 79.9 Å². The number of amides is 2. The molecule has 1 unspecified atom stereocenters. The summed E-state index contributed by atoms with van der Waals surface area (Å²) in [6.07, 6.45) is 6.04. The maximum absolute atomic E-state index is 11.4. The molecule has 1 atom stereocenters. The summed E-state index contributed by atoms with van der Waals surface area (Å²) in [6.45, 7) is 0. The number of hydrogen-bond acceptors (Lipinski definition) is 10. The van der Waals surface area contributed by atoms with Crippen molar-refractivity contribution in [2.75, 3.05) is 64.9 Å². The van der Waals surface area contributed by atoms with E-state index < -0.39 is 10.8 Å². The van der Waals surface area contributed by atoms with Crippen LogP contribution in [0.4, 0.5) is 5.95 Å². The van der Waals surface area contributed by atoms with Gasteiger partial charge < -0.3 is 14.7 Å². The fraction of sp³-hybridized carbons (Fsp3) is 0.630. The van der Waals surface area contributed by atoms with Crippen LogP contribution in [0.1, 0.15) is 53.9 Å². The molecule has 2 heterocycles. The number of nitrogens with zero attached hydrogens (tertiary/aromatic N) is 7. The number of rotatable bonds is 12. The van der Waals surface area contributed by atoms with E-state index in [1.54, 1.807) is 86.2 Å². The average molecular weight is 1050 g/mol. The van der Waals surface area contributed by atoms with Crippen molar-refractivity contribution in [3.8, 4) is 0 Å². The second kappa shape index (κ2) is 32.1. The second-order valence-corrected chi connectivity index (χ2v) is 47.3. The van der Waals surface area contributed by atoms with Crippen molar-refractivity contribution < 1.29 is 18.7 Å². The van der Waals surface area contributed by atoms with Crippen molar-refractivity contribution in [2.45, 2.75) is 59.2 Å². The molecule has 258 valence electrons. The van der Waals surface area contributed by atoms with Gasteiger partial charge in [0.05, 0.1) is 22.2 Å². The van der Waals surface area contributed by atoms with E-state index >= 15 is 0 Å². The van der Waals surface area contributed by atoms with Crippen molar-refractivity contribution in [2.24, 2.45) is 0 Å². The predicted octanol–water partition coefficient (Wildman–Crippen LogP) is 7.38. The van der Waals surface area contributed by atoms with Gasteiger partial charge in [0.2, 0.25) is 22.9 Å². The number of anilines is 1. The van der Waals surface area contributed by atoms with E-state index in [1.807, 2.05) is 25.1 Å². The molecule has 0 aromatic carbocycles. The summed E-state index contributed by atoms with van der Waals surface area (Å²) in [5.41, 5.74) is 1.84. The summed E-state index contributed by atoms with van der Waals surface area (Å²) in [6, 6.07) is 3.71. The zero-order valence-electron chi connectivity index (χ0n) is 23.7. The van der Waals surface area contributed by atoms with Crippen LogP contribution >= 0.6 is 83.5 Å². The Labute approximate surface area is 316 Å². The van der Waals surface area contributed by atoms with E-state index in [0.717, 1.165) is 34.6 Å². The molecule has 10 nitrogen and oxygen atoms in total. The fourth-order valence-corrected chi connectivity index (χ4v) is 4.52. The first kappa shape index (κ1) is 54.0. The SMILES string of the molecule is C.C.C.C.CN(C)C(=O)CCSCc1ccnc(N(C)C)n1.CN(C)C(=O)CCSCc1ccnc(S(C)=O)n1.[I][V]([I])[I]. The number of carbonyl (C=O) groups is 2. The van der Waals surface area contributed by atoms with Gasteiger partial charge in [-0.15, -0.1) is 0 Å². The van der Waals surface area contributed by atoms with E-state index in [0.29, 0.717) is 23.8 Å². The Morgan fingerprint density at radius 1 is 0.773 bits per heavy atom. The van der Waals surface area contributed by atoms with Gasteiger partial charge in [-0.2, -0.15) is 23.5 Å². The van der Waals surface area contributed by atoms with Gasteiger partial charge in [-0.25, -0.2) is 19.9 Å². The molecule has 0 aliphatic carbocycles. The maximum atomic E-state index is 11.4. The van der Waals surface area contributed by atoms with Crippen LogP contribution in [0.2, 0.25) is 0 Å². The normalized spacial score (nSPS) is 9.98. The standard InChI is InChI=1S/C12H20N4OS.C11H17N3O2S2.4CH4.3HI.V/c1-15(2)11(17)6-8-18-9-10-5-7-13-12(14-10)16(3)4;1-14(2)10(15)5-7-17-8-9-4-6-12-11(13-9)18(3)16;;;;;;;;/h5,7H,6,8-9H2,1-4H3;4,6H,5,7-8H2,1-3H3;4*1H4;3*1H;/q;;;;;;;;;+3/p-3. The predicted molar refractivity (Wildman–Crippen MR) is 219 cm³/mol. The van der Waals surface area contributed by atoms with Crippen molar-refractivity contribution in [1.82, 2.24) is 29.7 Å². The molecule has 44 heavy (non-hydrogen) atoms. The van der Waals surface area contributed by atoms with Gasteiger partial charge in [0.1, 0.15) is 0 Å². The molecule has 17 heteroatoms. The topological polar surface area (TPSA) is 112 Å². The third-order valence-electron chi connectivity index (χ3n) is 4.47. The summed E-state index contributed by atoms with van der Waals surface area (Å²) in [5, 5.41) is 0.359. The van der Waals surface area contributed by atoms with E-state index in [4.69, 9.17) is 0 Å². The molecule has 0 radical (unpaired) electrons. The molecular formula is C27H53I3N7O3S3V. The molecule has 0 spiro atoms. The summed E-state index contributed by atoms with van der Waals surface area (Å²) in [4.78, 5) is 44.3. The molecule has 0 fully saturated rings. The zero-order valence-corrected chi connectivity index (χ0v) is 34.0. The molecule has 0 aliphatic rings. The minimum absolute atomic E-state index is 0. The Kier molecular flexibility index (Phi) is 39.4. The van der Waals surface area contributed by atoms with Crippen molar-refractivity contribution in [1.29, 1.82) is 0 Å². The van der Waals surface area contributed by atoms with Crippen LogP contribution in [-0.4, -0.2) is 106 Å². The first-order chi connectivity index (χ1) is 18.7. The second-order valence-electron chi connectivity index (χ2n) is 8.40. The molecule has 0 saturated carbocycles. The molecule has 2 rings (SSSR count). The van der Waals surface area contributed by atoms with E-state index in [1.165, 1.54) is 0 Å². The van der Waals surface area contributed by atoms with Gasteiger partial charge >= 0.3 is 64.9 Å². The van der Waals surface area contributed by atoms with Crippen molar-refractivity contribution in [3.63, 3.8) is 0 Å². The van der Waals surface area contributed by atoms with Crippen LogP contribution in [0.15, 0.2) is 29.7 Å². The van der Waals surface area contributed by atoms with Gasteiger partial charge in [0, 0.05) is 96.8 Å². The summed E-state index contributed by atoms with van der Waals surface area (Å²) < 4.78 is 11.2. The van der Waals surface area contributed by atoms with Crippen LogP contribution < -0.4 is 4.90 Å². The zero-order chi connectivity index (χ0) is 30.7. The third-order valence-corrected chi connectivity index (χ3v) is 7.16. The Morgan fingerprint density at radius 2 is 1.16 bits per heavy atom. The Bertz CT molecular complexity index is 1060. The van der Waals surface area contributed by atoms with Crippen LogP contribution in [0.5, 0.6) is 0 Å². The summed E-state index contributed by atoms with van der Waals surface area (Å²) >= 11 is 10.7. The van der Waals surface area contributed by atoms with Gasteiger partial charge in [0.25, 0.3) is 0 Å². The van der Waals surface area contributed by atoms with Gasteiger partial charge in [-0.05, 0) is 12.1 Å². The van der Waals surface area contributed by atoms with Crippen LogP contribution in [0.3, 0.4) is 0 Å². The van der Waals surface area contributed by atoms with E-state index in [9.17, 15) is 13.8 Å². The number of aromatic nitrogens is 4. The fourth-order valence-electron chi connectivity index (χ4n) is 2.39. The van der Waals surface area contributed by atoms with Crippen LogP contribution in [0.25, 0.3) is 0 Å². The number of halogens is 3. The van der Waals surface area contributed by atoms with Crippen LogP contribution in [-0.2, 0) is 36.8 Å². The number of hydrogen-bond donors (Lipinski definition) is 0. The Morgan fingerprint density at radius 3 is 1.52 bits per heavy atom. The summed E-state index contributed by atoms with van der Waals surface area (Å²) in [7, 11) is 9.74. The van der Waals surface area contributed by atoms with E-state index in [-0.39, 0.29) is 46.4 Å². The first-order valence-corrected chi connectivity index (χ1v) is 29.1. The molecule has 0 saturated heterocycles. The van der Waals surface area contributed by atoms with Gasteiger partial charge in [-0.3, -0.25) is 13.8 Å². The Balaban J connectivity index is -0.000000190. The molecular weight excluding hydrogens is 998 g/mol. The third kappa shape index (κ3) is 28.7. The first-order valence-electron chi connectivity index (χ1n) is 11.7. The van der Waals surface area contributed by atoms with Gasteiger partial charge in [-0.1, -0.05) is 29.7 Å². The quantitative estimate of drug-likeness (QED) is 0.121. The molecule has 0 bridgehead atoms. The molecule has 2 aromatic heterocycles. The molecule has 0 N–H and O–H groups in total. The number of thioether (sulfide) groups is 2. The Hall–Kier alpha value is 0.524. The summed E-state index contributed by atoms with van der Waals surface area (Å²) in [5.74, 6) is 4.10. The van der Waals surface area contributed by atoms with Gasteiger partial charge in [0.15, 0.2) is 0 Å². The molecule has 2 aromatic rings.